The molecule has 2 N–H and O–H groups in total. The predicted octanol–water partition coefficient (Wildman–Crippen LogP) is 3.04. The molecule has 2 nitrogen and oxygen atoms in total. The molecule has 17 heavy (non-hydrogen) atoms. The van der Waals surface area contributed by atoms with E-state index in [0.717, 1.165) is 26.1 Å². The standard InChI is InChI=1S/C13H22N2S.ClH/c1-10-5-7-16-11(10)8-15-6-4-12(14)13(2,3)9-15;/h5,7,12H,4,6,8-9,14H2,1-3H3;1H. The highest BCUT2D eigenvalue weighted by Crippen LogP contribution is 2.29. The normalized spacial score (nSPS) is 24.4. The Morgan fingerprint density at radius 1 is 1.53 bits per heavy atom. The van der Waals surface area contributed by atoms with Crippen LogP contribution in [0.25, 0.3) is 0 Å². The molecule has 2 heterocycles. The van der Waals surface area contributed by atoms with Gasteiger partial charge in [0.2, 0.25) is 0 Å². The third-order valence-electron chi connectivity index (χ3n) is 3.73. The maximum absolute atomic E-state index is 6.15. The Morgan fingerprint density at radius 2 is 2.24 bits per heavy atom. The van der Waals surface area contributed by atoms with Crippen molar-refractivity contribution >= 4 is 23.7 Å². The van der Waals surface area contributed by atoms with E-state index in [2.05, 4.69) is 37.1 Å². The second kappa shape index (κ2) is 5.70. The van der Waals surface area contributed by atoms with Crippen molar-refractivity contribution in [2.24, 2.45) is 11.1 Å². The predicted molar refractivity (Wildman–Crippen MR) is 78.0 cm³/mol. The molecule has 1 aliphatic heterocycles. The van der Waals surface area contributed by atoms with Crippen LogP contribution in [0.2, 0.25) is 0 Å². The lowest BCUT2D eigenvalue weighted by molar-refractivity contribution is 0.0905. The quantitative estimate of drug-likeness (QED) is 0.898. The number of aryl methyl sites for hydroxylation is 1. The van der Waals surface area contributed by atoms with Crippen molar-refractivity contribution in [3.63, 3.8) is 0 Å². The number of rotatable bonds is 2. The van der Waals surface area contributed by atoms with E-state index in [4.69, 9.17) is 5.73 Å². The van der Waals surface area contributed by atoms with E-state index in [1.54, 1.807) is 0 Å². The molecule has 0 spiro atoms. The Balaban J connectivity index is 0.00000144. The fourth-order valence-electron chi connectivity index (χ4n) is 2.39. The van der Waals surface area contributed by atoms with Crippen LogP contribution in [0.3, 0.4) is 0 Å². The minimum Gasteiger partial charge on any atom is -0.327 e. The monoisotopic (exact) mass is 274 g/mol. The molecule has 0 aromatic carbocycles. The zero-order chi connectivity index (χ0) is 11.8. The largest absolute Gasteiger partial charge is 0.327 e. The summed E-state index contributed by atoms with van der Waals surface area (Å²) in [5.41, 5.74) is 7.84. The molecule has 98 valence electrons. The van der Waals surface area contributed by atoms with Crippen LogP contribution >= 0.6 is 23.7 Å². The molecule has 0 radical (unpaired) electrons. The smallest absolute Gasteiger partial charge is 0.0330 e. The van der Waals surface area contributed by atoms with Gasteiger partial charge in [-0.1, -0.05) is 13.8 Å². The van der Waals surface area contributed by atoms with Crippen LogP contribution in [0, 0.1) is 12.3 Å². The molecule has 0 saturated carbocycles. The summed E-state index contributed by atoms with van der Waals surface area (Å²) in [5.74, 6) is 0. The van der Waals surface area contributed by atoms with E-state index >= 15 is 0 Å². The number of thiophene rings is 1. The number of likely N-dealkylation sites (tertiary alicyclic amines) is 1. The first-order valence-electron chi connectivity index (χ1n) is 6.00. The van der Waals surface area contributed by atoms with Crippen LogP contribution in [-0.4, -0.2) is 24.0 Å². The lowest BCUT2D eigenvalue weighted by Crippen LogP contribution is -2.51. The Hall–Kier alpha value is -0.0900. The van der Waals surface area contributed by atoms with Gasteiger partial charge in [0.1, 0.15) is 0 Å². The molecule has 2 rings (SSSR count). The molecule has 1 aromatic heterocycles. The first-order valence-corrected chi connectivity index (χ1v) is 6.88. The molecule has 0 bridgehead atoms. The van der Waals surface area contributed by atoms with Crippen LogP contribution < -0.4 is 5.73 Å². The second-order valence-electron chi connectivity index (χ2n) is 5.62. The average molecular weight is 275 g/mol. The maximum atomic E-state index is 6.15. The highest BCUT2D eigenvalue weighted by molar-refractivity contribution is 7.10. The third-order valence-corrected chi connectivity index (χ3v) is 4.73. The average Bonchev–Trinajstić information content (AvgIpc) is 2.58. The minimum absolute atomic E-state index is 0. The van der Waals surface area contributed by atoms with E-state index in [-0.39, 0.29) is 17.8 Å². The van der Waals surface area contributed by atoms with E-state index in [9.17, 15) is 0 Å². The molecule has 0 amide bonds. The lowest BCUT2D eigenvalue weighted by atomic mass is 9.80. The van der Waals surface area contributed by atoms with Crippen LogP contribution in [0.1, 0.15) is 30.7 Å². The van der Waals surface area contributed by atoms with Crippen LogP contribution in [0.5, 0.6) is 0 Å². The molecule has 4 heteroatoms. The summed E-state index contributed by atoms with van der Waals surface area (Å²) in [4.78, 5) is 4.05. The van der Waals surface area contributed by atoms with Crippen LogP contribution in [0.15, 0.2) is 11.4 Å². The van der Waals surface area contributed by atoms with Crippen molar-refractivity contribution in [1.29, 1.82) is 0 Å². The van der Waals surface area contributed by atoms with Crippen LogP contribution in [-0.2, 0) is 6.54 Å². The Morgan fingerprint density at radius 3 is 2.76 bits per heavy atom. The summed E-state index contributed by atoms with van der Waals surface area (Å²) in [6.07, 6.45) is 1.12. The summed E-state index contributed by atoms with van der Waals surface area (Å²) >= 11 is 1.87. The van der Waals surface area contributed by atoms with Gasteiger partial charge in [-0.3, -0.25) is 4.90 Å². The van der Waals surface area contributed by atoms with Gasteiger partial charge in [0.25, 0.3) is 0 Å². The molecule has 0 aliphatic carbocycles. The highest BCUT2D eigenvalue weighted by atomic mass is 35.5. The van der Waals surface area contributed by atoms with Gasteiger partial charge >= 0.3 is 0 Å². The summed E-state index contributed by atoms with van der Waals surface area (Å²) < 4.78 is 0. The van der Waals surface area contributed by atoms with Gasteiger partial charge in [-0.25, -0.2) is 0 Å². The minimum atomic E-state index is 0. The summed E-state index contributed by atoms with van der Waals surface area (Å²) in [5, 5.41) is 2.19. The molecule has 1 unspecified atom stereocenters. The lowest BCUT2D eigenvalue weighted by Gasteiger charge is -2.42. The first-order chi connectivity index (χ1) is 7.49. The maximum Gasteiger partial charge on any atom is 0.0330 e. The number of nitrogens with zero attached hydrogens (tertiary/aromatic N) is 1. The van der Waals surface area contributed by atoms with Gasteiger partial charge in [0, 0.05) is 30.6 Å². The molecule has 1 atom stereocenters. The number of halogens is 1. The van der Waals surface area contributed by atoms with E-state index in [0.29, 0.717) is 6.04 Å². The topological polar surface area (TPSA) is 29.3 Å². The number of hydrogen-bond acceptors (Lipinski definition) is 3. The summed E-state index contributed by atoms with van der Waals surface area (Å²) in [7, 11) is 0. The zero-order valence-electron chi connectivity index (χ0n) is 10.9. The Bertz CT molecular complexity index is 362. The Labute approximate surface area is 115 Å². The van der Waals surface area contributed by atoms with E-state index in [1.165, 1.54) is 10.4 Å². The van der Waals surface area contributed by atoms with Gasteiger partial charge in [-0.15, -0.1) is 23.7 Å². The molecule has 1 aliphatic rings. The first kappa shape index (κ1) is 15.0. The summed E-state index contributed by atoms with van der Waals surface area (Å²) in [6, 6.07) is 2.56. The van der Waals surface area contributed by atoms with Gasteiger partial charge in [0.05, 0.1) is 0 Å². The molecule has 1 fully saturated rings. The summed E-state index contributed by atoms with van der Waals surface area (Å²) in [6.45, 7) is 10.1. The Kier molecular flexibility index (Phi) is 5.02. The second-order valence-corrected chi connectivity index (χ2v) is 6.62. The van der Waals surface area contributed by atoms with Crippen LogP contribution in [0.4, 0.5) is 0 Å². The fourth-order valence-corrected chi connectivity index (χ4v) is 3.34. The third kappa shape index (κ3) is 3.44. The number of hydrogen-bond donors (Lipinski definition) is 1. The van der Waals surface area contributed by atoms with Gasteiger partial charge in [0.15, 0.2) is 0 Å². The molecule has 1 aromatic rings. The van der Waals surface area contributed by atoms with Crippen molar-refractivity contribution in [1.82, 2.24) is 4.90 Å². The molecular formula is C13H23ClN2S. The van der Waals surface area contributed by atoms with Crippen molar-refractivity contribution < 1.29 is 0 Å². The van der Waals surface area contributed by atoms with Crippen molar-refractivity contribution in [3.8, 4) is 0 Å². The highest BCUT2D eigenvalue weighted by Gasteiger charge is 2.33. The zero-order valence-corrected chi connectivity index (χ0v) is 12.5. The fraction of sp³-hybridized carbons (Fsp3) is 0.692. The van der Waals surface area contributed by atoms with Gasteiger partial charge < -0.3 is 5.73 Å². The van der Waals surface area contributed by atoms with E-state index in [1.807, 2.05) is 11.3 Å². The van der Waals surface area contributed by atoms with Crippen molar-refractivity contribution in [2.45, 2.75) is 39.8 Å². The van der Waals surface area contributed by atoms with Gasteiger partial charge in [-0.2, -0.15) is 0 Å². The number of nitrogens with two attached hydrogens (primary N) is 1. The van der Waals surface area contributed by atoms with Crippen molar-refractivity contribution in [2.75, 3.05) is 13.1 Å². The van der Waals surface area contributed by atoms with Crippen molar-refractivity contribution in [3.05, 3.63) is 21.9 Å². The van der Waals surface area contributed by atoms with Gasteiger partial charge in [-0.05, 0) is 35.8 Å². The molecular weight excluding hydrogens is 252 g/mol. The SMILES string of the molecule is Cc1ccsc1CN1CCC(N)C(C)(C)C1.Cl. The molecule has 1 saturated heterocycles. The number of piperidine rings is 1. The van der Waals surface area contributed by atoms with E-state index < -0.39 is 0 Å².